The molecule has 0 bridgehead atoms. The Hall–Kier alpha value is -1.47. The summed E-state index contributed by atoms with van der Waals surface area (Å²) in [4.78, 5) is 10.9. The first kappa shape index (κ1) is 20.8. The van der Waals surface area contributed by atoms with Gasteiger partial charge >= 0.3 is 5.97 Å². The number of anilines is 1. The molecule has 0 aliphatic heterocycles. The van der Waals surface area contributed by atoms with Crippen molar-refractivity contribution in [3.8, 4) is 0 Å². The lowest BCUT2D eigenvalue weighted by molar-refractivity contribution is -0.137. The monoisotopic (exact) mass is 435 g/mol. The van der Waals surface area contributed by atoms with Gasteiger partial charge in [-0.15, -0.1) is 0 Å². The molecule has 5 nitrogen and oxygen atoms in total. The van der Waals surface area contributed by atoms with Gasteiger partial charge in [0.05, 0.1) is 15.6 Å². The maximum Gasteiger partial charge on any atom is 0.303 e. The highest BCUT2D eigenvalue weighted by Gasteiger charge is 2.31. The lowest BCUT2D eigenvalue weighted by atomic mass is 10.1. The Kier molecular flexibility index (Phi) is 6.80. The van der Waals surface area contributed by atoms with Crippen molar-refractivity contribution in [1.29, 1.82) is 0 Å². The van der Waals surface area contributed by atoms with Crippen molar-refractivity contribution in [2.45, 2.75) is 30.7 Å². The summed E-state index contributed by atoms with van der Waals surface area (Å²) >= 11 is 18.1. The van der Waals surface area contributed by atoms with Gasteiger partial charge in [0, 0.05) is 22.5 Å². The van der Waals surface area contributed by atoms with E-state index >= 15 is 0 Å². The van der Waals surface area contributed by atoms with E-state index in [-0.39, 0.29) is 28.4 Å². The van der Waals surface area contributed by atoms with Gasteiger partial charge in [-0.05, 0) is 55.8 Å². The van der Waals surface area contributed by atoms with E-state index in [9.17, 15) is 13.2 Å². The molecule has 0 radical (unpaired) electrons. The minimum Gasteiger partial charge on any atom is -0.481 e. The van der Waals surface area contributed by atoms with Crippen LogP contribution in [0.25, 0.3) is 0 Å². The van der Waals surface area contributed by atoms with E-state index in [4.69, 9.17) is 39.9 Å². The molecule has 2 rings (SSSR count). The van der Waals surface area contributed by atoms with E-state index in [0.717, 1.165) is 4.31 Å². The molecule has 1 N–H and O–H groups in total. The third kappa shape index (κ3) is 4.82. The van der Waals surface area contributed by atoms with E-state index in [1.165, 1.54) is 36.4 Å². The smallest absolute Gasteiger partial charge is 0.303 e. The van der Waals surface area contributed by atoms with Crippen molar-refractivity contribution < 1.29 is 18.3 Å². The van der Waals surface area contributed by atoms with Crippen LogP contribution in [0.1, 0.15) is 19.8 Å². The number of benzene rings is 2. The van der Waals surface area contributed by atoms with Gasteiger partial charge in [-0.25, -0.2) is 8.42 Å². The zero-order chi connectivity index (χ0) is 19.5. The zero-order valence-electron chi connectivity index (χ0n) is 13.7. The number of carboxylic acids is 1. The molecule has 2 aromatic rings. The minimum atomic E-state index is -4.02. The van der Waals surface area contributed by atoms with Gasteiger partial charge in [0.25, 0.3) is 10.0 Å². The van der Waals surface area contributed by atoms with Crippen LogP contribution in [0.5, 0.6) is 0 Å². The van der Waals surface area contributed by atoms with E-state index in [1.54, 1.807) is 13.0 Å². The van der Waals surface area contributed by atoms with Gasteiger partial charge in [0.15, 0.2) is 0 Å². The van der Waals surface area contributed by atoms with Gasteiger partial charge in [-0.3, -0.25) is 9.10 Å². The molecule has 0 heterocycles. The lowest BCUT2D eigenvalue weighted by Gasteiger charge is -2.31. The number of nitrogens with zero attached hydrogens (tertiary/aromatic N) is 1. The summed E-state index contributed by atoms with van der Waals surface area (Å²) in [7, 11) is -4.02. The third-order valence-corrected chi connectivity index (χ3v) is 6.44. The average molecular weight is 437 g/mol. The highest BCUT2D eigenvalue weighted by molar-refractivity contribution is 7.92. The third-order valence-electron chi connectivity index (χ3n) is 3.69. The van der Waals surface area contributed by atoms with Gasteiger partial charge in [0.1, 0.15) is 0 Å². The summed E-state index contributed by atoms with van der Waals surface area (Å²) in [6, 6.07) is 9.51. The largest absolute Gasteiger partial charge is 0.481 e. The van der Waals surface area contributed by atoms with Gasteiger partial charge in [-0.2, -0.15) is 0 Å². The van der Waals surface area contributed by atoms with Crippen molar-refractivity contribution in [2.24, 2.45) is 0 Å². The molecular formula is C17H16Cl3NO4S. The summed E-state index contributed by atoms with van der Waals surface area (Å²) in [5, 5.41) is 9.83. The van der Waals surface area contributed by atoms with Gasteiger partial charge in [-0.1, -0.05) is 34.8 Å². The molecule has 26 heavy (non-hydrogen) atoms. The van der Waals surface area contributed by atoms with Crippen LogP contribution >= 0.6 is 34.8 Å². The molecule has 0 aliphatic carbocycles. The molecule has 9 heteroatoms. The molecular weight excluding hydrogens is 421 g/mol. The van der Waals surface area contributed by atoms with Crippen LogP contribution in [0.4, 0.5) is 5.69 Å². The van der Waals surface area contributed by atoms with Crippen LogP contribution in [0.3, 0.4) is 0 Å². The molecule has 0 fully saturated rings. The average Bonchev–Trinajstić information content (AvgIpc) is 2.56. The van der Waals surface area contributed by atoms with Crippen LogP contribution in [0.15, 0.2) is 47.4 Å². The lowest BCUT2D eigenvalue weighted by Crippen LogP contribution is -2.39. The summed E-state index contributed by atoms with van der Waals surface area (Å²) in [6.45, 7) is 1.62. The molecule has 1 atom stereocenters. The topological polar surface area (TPSA) is 74.7 Å². The van der Waals surface area contributed by atoms with Crippen molar-refractivity contribution >= 4 is 56.5 Å². The molecule has 1 unspecified atom stereocenters. The first-order valence-corrected chi connectivity index (χ1v) is 10.2. The van der Waals surface area contributed by atoms with Crippen LogP contribution in [0.2, 0.25) is 15.1 Å². The van der Waals surface area contributed by atoms with Crippen LogP contribution in [0, 0.1) is 0 Å². The quantitative estimate of drug-likeness (QED) is 0.655. The summed E-state index contributed by atoms with van der Waals surface area (Å²) in [6.07, 6.45) is -0.0863. The second-order valence-electron chi connectivity index (χ2n) is 5.63. The fraction of sp³-hybridized carbons (Fsp3) is 0.235. The Morgan fingerprint density at radius 2 is 1.65 bits per heavy atom. The van der Waals surface area contributed by atoms with Crippen molar-refractivity contribution in [1.82, 2.24) is 0 Å². The van der Waals surface area contributed by atoms with E-state index in [1.807, 2.05) is 0 Å². The SMILES string of the molecule is CC(CCC(=O)O)N(c1cc(Cl)ccc1Cl)S(=O)(=O)c1ccc(Cl)cc1. The van der Waals surface area contributed by atoms with E-state index in [0.29, 0.717) is 10.0 Å². The minimum absolute atomic E-state index is 0.0140. The number of halogens is 3. The Morgan fingerprint density at radius 1 is 1.08 bits per heavy atom. The fourth-order valence-electron chi connectivity index (χ4n) is 2.43. The zero-order valence-corrected chi connectivity index (χ0v) is 16.8. The highest BCUT2D eigenvalue weighted by Crippen LogP contribution is 2.35. The Balaban J connectivity index is 2.57. The standard InChI is InChI=1S/C17H16Cl3NO4S/c1-11(2-9-17(22)23)21(16-10-13(19)5-8-15(16)20)26(24,25)14-6-3-12(18)4-7-14/h3-8,10-11H,2,9H2,1H3,(H,22,23). The Bertz CT molecular complexity index is 901. The van der Waals surface area contributed by atoms with Gasteiger partial charge in [0.2, 0.25) is 0 Å². The van der Waals surface area contributed by atoms with Crippen molar-refractivity contribution in [3.05, 3.63) is 57.5 Å². The molecule has 140 valence electrons. The summed E-state index contributed by atoms with van der Waals surface area (Å²) in [5.74, 6) is -1.02. The number of aliphatic carboxylic acids is 1. The van der Waals surface area contributed by atoms with Crippen LogP contribution in [-0.4, -0.2) is 25.5 Å². The first-order chi connectivity index (χ1) is 12.1. The predicted molar refractivity (Wildman–Crippen MR) is 104 cm³/mol. The van der Waals surface area contributed by atoms with Gasteiger partial charge < -0.3 is 5.11 Å². The second-order valence-corrected chi connectivity index (χ2v) is 8.73. The number of sulfonamides is 1. The van der Waals surface area contributed by atoms with Crippen LogP contribution in [-0.2, 0) is 14.8 Å². The second kappa shape index (κ2) is 8.48. The maximum atomic E-state index is 13.2. The molecule has 0 spiro atoms. The first-order valence-electron chi connectivity index (χ1n) is 7.60. The number of carboxylic acid groups (broad SMARTS) is 1. The summed E-state index contributed by atoms with van der Waals surface area (Å²) < 4.78 is 27.6. The Morgan fingerprint density at radius 3 is 2.23 bits per heavy atom. The van der Waals surface area contributed by atoms with E-state index < -0.39 is 22.0 Å². The van der Waals surface area contributed by atoms with E-state index in [2.05, 4.69) is 0 Å². The predicted octanol–water partition coefficient (Wildman–Crippen LogP) is 5.10. The number of hydrogen-bond acceptors (Lipinski definition) is 3. The number of hydrogen-bond donors (Lipinski definition) is 1. The Labute approximate surface area is 167 Å². The fourth-order valence-corrected chi connectivity index (χ4v) is 4.68. The molecule has 0 amide bonds. The highest BCUT2D eigenvalue weighted by atomic mass is 35.5. The molecule has 0 aromatic heterocycles. The number of rotatable bonds is 7. The molecule has 2 aromatic carbocycles. The summed E-state index contributed by atoms with van der Waals surface area (Å²) in [5.41, 5.74) is 0.187. The van der Waals surface area contributed by atoms with Crippen molar-refractivity contribution in [3.63, 3.8) is 0 Å². The molecule has 0 saturated heterocycles. The van der Waals surface area contributed by atoms with Crippen molar-refractivity contribution in [2.75, 3.05) is 4.31 Å². The number of carbonyl (C=O) groups is 1. The molecule has 0 saturated carbocycles. The molecule has 0 aliphatic rings. The normalized spacial score (nSPS) is 12.6. The maximum absolute atomic E-state index is 13.2. The van der Waals surface area contributed by atoms with Crippen LogP contribution < -0.4 is 4.31 Å².